The molecule has 0 fully saturated rings. The third-order valence-corrected chi connectivity index (χ3v) is 2.40. The lowest BCUT2D eigenvalue weighted by Gasteiger charge is -2.11. The summed E-state index contributed by atoms with van der Waals surface area (Å²) in [6.45, 7) is 2.01. The second kappa shape index (κ2) is 5.01. The first-order chi connectivity index (χ1) is 8.19. The number of hydrogen-bond acceptors (Lipinski definition) is 4. The van der Waals surface area contributed by atoms with Crippen LogP contribution in [0.1, 0.15) is 5.56 Å². The van der Waals surface area contributed by atoms with E-state index in [1.54, 1.807) is 13.3 Å². The molecular weight excluding hydrogens is 238 g/mol. The molecule has 0 saturated heterocycles. The predicted octanol–water partition coefficient (Wildman–Crippen LogP) is 3.19. The molecule has 0 saturated carbocycles. The number of halogens is 1. The number of benzene rings is 1. The molecule has 0 unspecified atom stereocenters. The van der Waals surface area contributed by atoms with Crippen LogP contribution >= 0.6 is 11.6 Å². The van der Waals surface area contributed by atoms with Crippen molar-refractivity contribution >= 4 is 23.1 Å². The number of nitrogens with one attached hydrogen (secondary N) is 1. The van der Waals surface area contributed by atoms with Crippen LogP contribution in [0, 0.1) is 6.92 Å². The van der Waals surface area contributed by atoms with E-state index in [0.29, 0.717) is 11.0 Å². The Balaban J connectivity index is 2.32. The van der Waals surface area contributed by atoms with E-state index in [-0.39, 0.29) is 0 Å². The van der Waals surface area contributed by atoms with Gasteiger partial charge in [0.2, 0.25) is 0 Å². The van der Waals surface area contributed by atoms with Crippen molar-refractivity contribution in [3.63, 3.8) is 0 Å². The molecule has 0 aliphatic carbocycles. The van der Waals surface area contributed by atoms with Crippen LogP contribution < -0.4 is 10.1 Å². The Morgan fingerprint density at radius 2 is 2.12 bits per heavy atom. The number of rotatable bonds is 3. The van der Waals surface area contributed by atoms with Crippen LogP contribution in [0.5, 0.6) is 5.75 Å². The Bertz CT molecular complexity index is 531. The first-order valence-electron chi connectivity index (χ1n) is 5.08. The molecule has 0 atom stereocenters. The summed E-state index contributed by atoms with van der Waals surface area (Å²) in [7, 11) is 1.62. The normalized spacial score (nSPS) is 10.1. The lowest BCUT2D eigenvalue weighted by Crippen LogP contribution is -1.97. The summed E-state index contributed by atoms with van der Waals surface area (Å²) in [5.41, 5.74) is 1.97. The summed E-state index contributed by atoms with van der Waals surface area (Å²) in [6.07, 6.45) is 3.09. The van der Waals surface area contributed by atoms with Crippen LogP contribution in [0.4, 0.5) is 11.5 Å². The molecule has 17 heavy (non-hydrogen) atoms. The molecule has 1 heterocycles. The Kier molecular flexibility index (Phi) is 3.44. The SMILES string of the molecule is COc1ccc(C)cc1Nc1cncc(Cl)n1. The van der Waals surface area contributed by atoms with Crippen molar-refractivity contribution in [1.82, 2.24) is 9.97 Å². The van der Waals surface area contributed by atoms with Crippen molar-refractivity contribution in [1.29, 1.82) is 0 Å². The van der Waals surface area contributed by atoms with E-state index in [4.69, 9.17) is 16.3 Å². The molecular formula is C12H12ClN3O. The molecule has 0 amide bonds. The van der Waals surface area contributed by atoms with Crippen LogP contribution in [0.2, 0.25) is 5.15 Å². The van der Waals surface area contributed by atoms with Gasteiger partial charge in [0.1, 0.15) is 10.9 Å². The second-order valence-corrected chi connectivity index (χ2v) is 3.94. The van der Waals surface area contributed by atoms with Gasteiger partial charge in [0.05, 0.1) is 25.2 Å². The molecule has 0 aliphatic rings. The van der Waals surface area contributed by atoms with Crippen LogP contribution in [0.25, 0.3) is 0 Å². The molecule has 0 spiro atoms. The number of hydrogen-bond donors (Lipinski definition) is 1. The van der Waals surface area contributed by atoms with Crippen molar-refractivity contribution in [3.05, 3.63) is 41.3 Å². The average molecular weight is 250 g/mol. The van der Waals surface area contributed by atoms with Gasteiger partial charge in [0.15, 0.2) is 5.82 Å². The highest BCUT2D eigenvalue weighted by Crippen LogP contribution is 2.27. The maximum absolute atomic E-state index is 5.77. The fourth-order valence-corrected chi connectivity index (χ4v) is 1.61. The molecule has 2 rings (SSSR count). The number of anilines is 2. The Hall–Kier alpha value is -1.81. The minimum atomic E-state index is 0.349. The van der Waals surface area contributed by atoms with Gasteiger partial charge in [0, 0.05) is 0 Å². The van der Waals surface area contributed by atoms with Crippen molar-refractivity contribution in [2.24, 2.45) is 0 Å². The van der Waals surface area contributed by atoms with Gasteiger partial charge in [-0.2, -0.15) is 0 Å². The predicted molar refractivity (Wildman–Crippen MR) is 68.1 cm³/mol. The summed E-state index contributed by atoms with van der Waals surface area (Å²) < 4.78 is 5.26. The smallest absolute Gasteiger partial charge is 0.150 e. The highest BCUT2D eigenvalue weighted by Gasteiger charge is 2.04. The molecule has 5 heteroatoms. The van der Waals surface area contributed by atoms with E-state index in [0.717, 1.165) is 17.0 Å². The van der Waals surface area contributed by atoms with Gasteiger partial charge in [-0.1, -0.05) is 17.7 Å². The second-order valence-electron chi connectivity index (χ2n) is 3.56. The van der Waals surface area contributed by atoms with E-state index >= 15 is 0 Å². The molecule has 4 nitrogen and oxygen atoms in total. The van der Waals surface area contributed by atoms with E-state index in [2.05, 4.69) is 15.3 Å². The van der Waals surface area contributed by atoms with Crippen LogP contribution in [0.3, 0.4) is 0 Å². The van der Waals surface area contributed by atoms with E-state index in [9.17, 15) is 0 Å². The van der Waals surface area contributed by atoms with Gasteiger partial charge in [0.25, 0.3) is 0 Å². The number of nitrogens with zero attached hydrogens (tertiary/aromatic N) is 2. The first kappa shape index (κ1) is 11.7. The molecule has 1 aromatic carbocycles. The molecule has 1 N–H and O–H groups in total. The number of ether oxygens (including phenoxy) is 1. The van der Waals surface area contributed by atoms with Gasteiger partial charge in [-0.15, -0.1) is 0 Å². The summed E-state index contributed by atoms with van der Waals surface area (Å²) in [5, 5.41) is 3.47. The highest BCUT2D eigenvalue weighted by atomic mass is 35.5. The molecule has 88 valence electrons. The van der Waals surface area contributed by atoms with Crippen molar-refractivity contribution in [3.8, 4) is 5.75 Å². The third kappa shape index (κ3) is 2.85. The van der Waals surface area contributed by atoms with Crippen molar-refractivity contribution in [2.75, 3.05) is 12.4 Å². The van der Waals surface area contributed by atoms with E-state index in [1.165, 1.54) is 6.20 Å². The van der Waals surface area contributed by atoms with E-state index < -0.39 is 0 Å². The van der Waals surface area contributed by atoms with Gasteiger partial charge in [-0.25, -0.2) is 4.98 Å². The molecule has 2 aromatic rings. The quantitative estimate of drug-likeness (QED) is 0.908. The highest BCUT2D eigenvalue weighted by molar-refractivity contribution is 6.29. The molecule has 0 aliphatic heterocycles. The standard InChI is InChI=1S/C12H12ClN3O/c1-8-3-4-10(17-2)9(5-8)15-12-7-14-6-11(13)16-12/h3-7H,1-2H3,(H,15,16). The largest absolute Gasteiger partial charge is 0.495 e. The van der Waals surface area contributed by atoms with E-state index in [1.807, 2.05) is 25.1 Å². The Morgan fingerprint density at radius 3 is 2.82 bits per heavy atom. The average Bonchev–Trinajstić information content (AvgIpc) is 2.29. The lowest BCUT2D eigenvalue weighted by molar-refractivity contribution is 0.416. The Morgan fingerprint density at radius 1 is 1.29 bits per heavy atom. The summed E-state index contributed by atoms with van der Waals surface area (Å²) in [4.78, 5) is 8.07. The summed E-state index contributed by atoms with van der Waals surface area (Å²) in [5.74, 6) is 1.33. The van der Waals surface area contributed by atoms with Gasteiger partial charge >= 0.3 is 0 Å². The van der Waals surface area contributed by atoms with Crippen LogP contribution in [-0.2, 0) is 0 Å². The third-order valence-electron chi connectivity index (χ3n) is 2.22. The molecule has 0 radical (unpaired) electrons. The minimum Gasteiger partial charge on any atom is -0.495 e. The molecule has 0 bridgehead atoms. The fraction of sp³-hybridized carbons (Fsp3) is 0.167. The van der Waals surface area contributed by atoms with Gasteiger partial charge in [-0.3, -0.25) is 4.98 Å². The number of aryl methyl sites for hydroxylation is 1. The van der Waals surface area contributed by atoms with Gasteiger partial charge < -0.3 is 10.1 Å². The number of aromatic nitrogens is 2. The zero-order valence-electron chi connectivity index (χ0n) is 9.57. The zero-order chi connectivity index (χ0) is 12.3. The van der Waals surface area contributed by atoms with Gasteiger partial charge in [-0.05, 0) is 24.6 Å². The summed E-state index contributed by atoms with van der Waals surface area (Å²) >= 11 is 5.77. The van der Waals surface area contributed by atoms with Crippen molar-refractivity contribution < 1.29 is 4.74 Å². The number of methoxy groups -OCH3 is 1. The zero-order valence-corrected chi connectivity index (χ0v) is 10.3. The summed E-state index contributed by atoms with van der Waals surface area (Å²) in [6, 6.07) is 5.85. The Labute approximate surface area is 105 Å². The maximum Gasteiger partial charge on any atom is 0.150 e. The first-order valence-corrected chi connectivity index (χ1v) is 5.46. The van der Waals surface area contributed by atoms with Crippen LogP contribution in [-0.4, -0.2) is 17.1 Å². The fourth-order valence-electron chi connectivity index (χ4n) is 1.46. The minimum absolute atomic E-state index is 0.349. The molecule has 1 aromatic heterocycles. The van der Waals surface area contributed by atoms with Crippen LogP contribution in [0.15, 0.2) is 30.6 Å². The van der Waals surface area contributed by atoms with Crippen molar-refractivity contribution in [2.45, 2.75) is 6.92 Å². The topological polar surface area (TPSA) is 47.0 Å². The monoisotopic (exact) mass is 249 g/mol. The maximum atomic E-state index is 5.77. The lowest BCUT2D eigenvalue weighted by atomic mass is 10.2.